The van der Waals surface area contributed by atoms with E-state index in [2.05, 4.69) is 8.92 Å². The van der Waals surface area contributed by atoms with Gasteiger partial charge in [0, 0.05) is 27.7 Å². The molecule has 0 unspecified atom stereocenters. The molecule has 0 aromatic carbocycles. The number of ether oxygens (including phenoxy) is 5. The van der Waals surface area contributed by atoms with Crippen molar-refractivity contribution >= 4 is 34.0 Å². The normalized spacial score (nSPS) is 26.5. The van der Waals surface area contributed by atoms with E-state index in [1.54, 1.807) is 0 Å². The van der Waals surface area contributed by atoms with Crippen molar-refractivity contribution in [1.82, 2.24) is 0 Å². The number of carbonyl (C=O) groups is 4. The fourth-order valence-electron chi connectivity index (χ4n) is 2.43. The second kappa shape index (κ2) is 10.2. The van der Waals surface area contributed by atoms with Crippen LogP contribution in [0.4, 0.5) is 13.2 Å². The summed E-state index contributed by atoms with van der Waals surface area (Å²) < 4.78 is 90.1. The smallest absolute Gasteiger partial charge is 0.463 e. The molecule has 16 heteroatoms. The first-order chi connectivity index (χ1) is 14.0. The lowest BCUT2D eigenvalue weighted by molar-refractivity contribution is -0.292. The molecule has 31 heavy (non-hydrogen) atoms. The van der Waals surface area contributed by atoms with Gasteiger partial charge in [-0.05, 0) is 0 Å². The Kier molecular flexibility index (Phi) is 8.77. The maximum atomic E-state index is 12.8. The van der Waals surface area contributed by atoms with Gasteiger partial charge in [-0.1, -0.05) is 0 Å². The molecule has 0 amide bonds. The number of carbonyl (C=O) groups excluding carboxylic acids is 4. The molecule has 1 fully saturated rings. The molecule has 0 aliphatic carbocycles. The van der Waals surface area contributed by atoms with Crippen LogP contribution >= 0.6 is 0 Å². The minimum Gasteiger partial charge on any atom is -0.463 e. The van der Waals surface area contributed by atoms with Crippen molar-refractivity contribution in [1.29, 1.82) is 0 Å². The average Bonchev–Trinajstić information content (AvgIpc) is 2.56. The number of rotatable bonds is 7. The molecule has 5 atom stereocenters. The summed E-state index contributed by atoms with van der Waals surface area (Å²) in [5.41, 5.74) is -5.90. The molecule has 1 aliphatic heterocycles. The average molecular weight is 480 g/mol. The maximum absolute atomic E-state index is 12.8. The van der Waals surface area contributed by atoms with Crippen LogP contribution in [0.25, 0.3) is 0 Å². The molecule has 0 N–H and O–H groups in total. The Labute approximate surface area is 174 Å². The fourth-order valence-corrected chi connectivity index (χ4v) is 3.04. The quantitative estimate of drug-likeness (QED) is 0.207. The molecule has 1 heterocycles. The SMILES string of the molecule is CC(=O)OC[C@H]1O[C@H](OC(C)=O)[C@H](OS(=O)(=O)C(F)(F)F)[C@@H](OC(C)=O)[C@@H]1OC(C)=O. The van der Waals surface area contributed by atoms with Crippen LogP contribution in [0.1, 0.15) is 27.7 Å². The summed E-state index contributed by atoms with van der Waals surface area (Å²) in [6.45, 7) is 2.82. The van der Waals surface area contributed by atoms with E-state index < -0.39 is 76.8 Å². The molecule has 0 aromatic rings. The topological polar surface area (TPSA) is 158 Å². The first kappa shape index (κ1) is 26.6. The summed E-state index contributed by atoms with van der Waals surface area (Å²) in [7, 11) is -6.32. The molecule has 1 saturated heterocycles. The van der Waals surface area contributed by atoms with E-state index in [0.717, 1.165) is 27.7 Å². The Balaban J connectivity index is 3.50. The lowest BCUT2D eigenvalue weighted by Crippen LogP contribution is -2.63. The van der Waals surface area contributed by atoms with E-state index in [9.17, 15) is 40.8 Å². The molecule has 0 bridgehead atoms. The van der Waals surface area contributed by atoms with Gasteiger partial charge in [0.25, 0.3) is 0 Å². The van der Waals surface area contributed by atoms with Crippen LogP contribution in [0.3, 0.4) is 0 Å². The Hall–Kier alpha value is -2.46. The minimum absolute atomic E-state index is 0.693. The van der Waals surface area contributed by atoms with Crippen LogP contribution in [-0.4, -0.2) is 75.1 Å². The lowest BCUT2D eigenvalue weighted by Gasteiger charge is -2.43. The van der Waals surface area contributed by atoms with E-state index >= 15 is 0 Å². The first-order valence-electron chi connectivity index (χ1n) is 8.35. The minimum atomic E-state index is -6.32. The summed E-state index contributed by atoms with van der Waals surface area (Å²) in [5.74, 6) is -4.16. The van der Waals surface area contributed by atoms with Crippen LogP contribution in [0.15, 0.2) is 0 Å². The van der Waals surface area contributed by atoms with Gasteiger partial charge in [0.2, 0.25) is 6.29 Å². The molecule has 0 saturated carbocycles. The van der Waals surface area contributed by atoms with Crippen molar-refractivity contribution in [2.24, 2.45) is 0 Å². The molecule has 0 radical (unpaired) electrons. The highest BCUT2D eigenvalue weighted by molar-refractivity contribution is 7.87. The lowest BCUT2D eigenvalue weighted by atomic mass is 9.98. The summed E-state index contributed by atoms with van der Waals surface area (Å²) in [6, 6.07) is 0. The van der Waals surface area contributed by atoms with Gasteiger partial charge >= 0.3 is 39.5 Å². The van der Waals surface area contributed by atoms with E-state index in [0.29, 0.717) is 0 Å². The zero-order chi connectivity index (χ0) is 24.1. The Morgan fingerprint density at radius 3 is 1.71 bits per heavy atom. The highest BCUT2D eigenvalue weighted by atomic mass is 32.2. The van der Waals surface area contributed by atoms with Crippen molar-refractivity contribution in [3.63, 3.8) is 0 Å². The molecule has 178 valence electrons. The van der Waals surface area contributed by atoms with Gasteiger partial charge in [0.05, 0.1) is 0 Å². The largest absolute Gasteiger partial charge is 0.523 e. The van der Waals surface area contributed by atoms with Crippen LogP contribution in [0.2, 0.25) is 0 Å². The van der Waals surface area contributed by atoms with Crippen molar-refractivity contribution in [3.05, 3.63) is 0 Å². The molecular weight excluding hydrogens is 461 g/mol. The number of esters is 4. The third kappa shape index (κ3) is 7.62. The summed E-state index contributed by atoms with van der Waals surface area (Å²) >= 11 is 0. The molecule has 1 rings (SSSR count). The highest BCUT2D eigenvalue weighted by Gasteiger charge is 2.58. The van der Waals surface area contributed by atoms with Gasteiger partial charge in [0.1, 0.15) is 12.7 Å². The van der Waals surface area contributed by atoms with E-state index in [1.165, 1.54) is 0 Å². The molecular formula is C15H19F3O12S. The standard InChI is InChI=1S/C15H19F3O12S/c1-6(19)25-5-10-11(26-7(2)20)12(27-8(3)21)13(14(29-10)28-9(4)22)30-31(23,24)15(16,17)18/h10-14H,5H2,1-4H3/t10-,11-,12+,13-,14+/m1/s1. The van der Waals surface area contributed by atoms with Gasteiger partial charge in [0.15, 0.2) is 18.3 Å². The number of alkyl halides is 3. The third-order valence-electron chi connectivity index (χ3n) is 3.45. The van der Waals surface area contributed by atoms with Crippen molar-refractivity contribution in [2.75, 3.05) is 6.61 Å². The van der Waals surface area contributed by atoms with Gasteiger partial charge in [-0.25, -0.2) is 4.18 Å². The fraction of sp³-hybridized carbons (Fsp3) is 0.733. The van der Waals surface area contributed by atoms with Gasteiger partial charge in [-0.2, -0.15) is 21.6 Å². The Bertz CT molecular complexity index is 809. The van der Waals surface area contributed by atoms with Crippen LogP contribution in [0.5, 0.6) is 0 Å². The summed E-state index contributed by atoms with van der Waals surface area (Å²) in [5, 5.41) is 0. The molecule has 0 aromatic heterocycles. The second-order valence-corrected chi connectivity index (χ2v) is 7.63. The van der Waals surface area contributed by atoms with Crippen LogP contribution < -0.4 is 0 Å². The number of hydrogen-bond acceptors (Lipinski definition) is 12. The molecule has 1 aliphatic rings. The number of halogens is 3. The Morgan fingerprint density at radius 1 is 0.806 bits per heavy atom. The van der Waals surface area contributed by atoms with Crippen molar-refractivity contribution in [2.45, 2.75) is 63.9 Å². The van der Waals surface area contributed by atoms with Gasteiger partial charge in [-0.15, -0.1) is 0 Å². The van der Waals surface area contributed by atoms with Crippen LogP contribution in [-0.2, 0) is 57.2 Å². The van der Waals surface area contributed by atoms with Crippen molar-refractivity contribution in [3.8, 4) is 0 Å². The zero-order valence-corrected chi connectivity index (χ0v) is 17.4. The van der Waals surface area contributed by atoms with E-state index in [1.807, 2.05) is 0 Å². The zero-order valence-electron chi connectivity index (χ0n) is 16.5. The van der Waals surface area contributed by atoms with Crippen molar-refractivity contribution < 1.29 is 68.6 Å². The first-order valence-corrected chi connectivity index (χ1v) is 9.76. The Morgan fingerprint density at radius 2 is 1.29 bits per heavy atom. The third-order valence-corrected chi connectivity index (χ3v) is 4.49. The van der Waals surface area contributed by atoms with Gasteiger partial charge in [-0.3, -0.25) is 19.2 Å². The predicted molar refractivity (Wildman–Crippen MR) is 88.0 cm³/mol. The highest BCUT2D eigenvalue weighted by Crippen LogP contribution is 2.34. The summed E-state index contributed by atoms with van der Waals surface area (Å²) in [6.07, 6.45) is -10.0. The number of hydrogen-bond donors (Lipinski definition) is 0. The maximum Gasteiger partial charge on any atom is 0.523 e. The van der Waals surface area contributed by atoms with E-state index in [-0.39, 0.29) is 0 Å². The van der Waals surface area contributed by atoms with Crippen LogP contribution in [0, 0.1) is 0 Å². The summed E-state index contributed by atoms with van der Waals surface area (Å²) in [4.78, 5) is 45.5. The second-order valence-electron chi connectivity index (χ2n) is 6.06. The molecule has 0 spiro atoms. The van der Waals surface area contributed by atoms with E-state index in [4.69, 9.17) is 18.9 Å². The van der Waals surface area contributed by atoms with Gasteiger partial charge < -0.3 is 23.7 Å². The molecule has 12 nitrogen and oxygen atoms in total. The monoisotopic (exact) mass is 480 g/mol. The predicted octanol–water partition coefficient (Wildman–Crippen LogP) is -0.0643.